The second kappa shape index (κ2) is 3.74. The summed E-state index contributed by atoms with van der Waals surface area (Å²) in [5, 5.41) is 8.78. The number of aromatic nitrogens is 4. The van der Waals surface area contributed by atoms with Crippen molar-refractivity contribution in [3.63, 3.8) is 0 Å². The summed E-state index contributed by atoms with van der Waals surface area (Å²) in [7, 11) is 0. The van der Waals surface area contributed by atoms with Crippen LogP contribution in [0.1, 0.15) is 0 Å². The summed E-state index contributed by atoms with van der Waals surface area (Å²) in [5.74, 6) is 0. The lowest BCUT2D eigenvalue weighted by Crippen LogP contribution is -2.30. The fraction of sp³-hybridized carbons (Fsp3) is 0.250. The van der Waals surface area contributed by atoms with E-state index in [2.05, 4.69) is 9.97 Å². The lowest BCUT2D eigenvalue weighted by Gasteiger charge is -2.05. The number of nitrogens with one attached hydrogen (secondary N) is 2. The van der Waals surface area contributed by atoms with E-state index in [0.717, 1.165) is 10.8 Å². The topological polar surface area (TPSA) is 121 Å². The molecule has 0 bridgehead atoms. The molecule has 0 aliphatic rings. The second-order valence-corrected chi connectivity index (χ2v) is 3.08. The van der Waals surface area contributed by atoms with Gasteiger partial charge >= 0.3 is 5.69 Å². The van der Waals surface area contributed by atoms with Crippen LogP contribution in [-0.2, 0) is 6.54 Å². The van der Waals surface area contributed by atoms with Crippen molar-refractivity contribution in [3.05, 3.63) is 37.4 Å². The van der Waals surface area contributed by atoms with Crippen LogP contribution in [0.4, 0.5) is 0 Å². The molecule has 0 aliphatic carbocycles. The molecule has 0 spiro atoms. The fourth-order valence-corrected chi connectivity index (χ4v) is 1.40. The molecule has 0 unspecified atom stereocenters. The molecule has 0 amide bonds. The smallest absolute Gasteiger partial charge is 0.327 e. The Hall–Kier alpha value is -2.22. The summed E-state index contributed by atoms with van der Waals surface area (Å²) in [4.78, 5) is 41.7. The van der Waals surface area contributed by atoms with Crippen molar-refractivity contribution in [2.75, 3.05) is 6.61 Å². The lowest BCUT2D eigenvalue weighted by atomic mass is 10.4. The molecular formula is C8H8N4O4. The van der Waals surface area contributed by atoms with Crippen LogP contribution in [0.25, 0.3) is 11.2 Å². The molecule has 0 saturated carbocycles. The zero-order valence-corrected chi connectivity index (χ0v) is 8.06. The minimum atomic E-state index is -0.725. The van der Waals surface area contributed by atoms with E-state index >= 15 is 0 Å². The van der Waals surface area contributed by atoms with E-state index in [-0.39, 0.29) is 24.3 Å². The van der Waals surface area contributed by atoms with Gasteiger partial charge in [0.2, 0.25) is 0 Å². The number of nitrogens with zero attached hydrogens (tertiary/aromatic N) is 2. The number of aliphatic hydroxyl groups is 1. The number of hydrogen-bond acceptors (Lipinski definition) is 5. The van der Waals surface area contributed by atoms with Gasteiger partial charge in [-0.3, -0.25) is 24.1 Å². The molecule has 3 N–H and O–H groups in total. The summed E-state index contributed by atoms with van der Waals surface area (Å²) in [5.41, 5.74) is -1.94. The highest BCUT2D eigenvalue weighted by atomic mass is 16.3. The lowest BCUT2D eigenvalue weighted by molar-refractivity contribution is 0.276. The first-order chi connectivity index (χ1) is 7.63. The van der Waals surface area contributed by atoms with Crippen molar-refractivity contribution in [2.24, 2.45) is 0 Å². The van der Waals surface area contributed by atoms with Crippen LogP contribution >= 0.6 is 0 Å². The average Bonchev–Trinajstić information content (AvgIpc) is 2.22. The number of rotatable bonds is 2. The van der Waals surface area contributed by atoms with Gasteiger partial charge in [0.15, 0.2) is 5.52 Å². The minimum absolute atomic E-state index is 0.00954. The van der Waals surface area contributed by atoms with Crippen molar-refractivity contribution in [3.8, 4) is 0 Å². The molecule has 0 saturated heterocycles. The molecule has 0 aliphatic heterocycles. The van der Waals surface area contributed by atoms with Crippen LogP contribution < -0.4 is 16.8 Å². The SMILES string of the molecule is O=c1[nH]c(=O)c2ncc(=O)n(CCO)c2[nH]1. The molecule has 0 aromatic carbocycles. The van der Waals surface area contributed by atoms with Crippen LogP contribution in [0, 0.1) is 0 Å². The predicted molar refractivity (Wildman–Crippen MR) is 54.3 cm³/mol. The van der Waals surface area contributed by atoms with Crippen LogP contribution in [-0.4, -0.2) is 31.2 Å². The third kappa shape index (κ3) is 1.54. The Labute approximate surface area is 87.2 Å². The number of H-pyrrole nitrogens is 2. The van der Waals surface area contributed by atoms with Gasteiger partial charge < -0.3 is 5.11 Å². The quantitative estimate of drug-likeness (QED) is 0.532. The number of fused-ring (bicyclic) bond motifs is 1. The van der Waals surface area contributed by atoms with Crippen LogP contribution in [0.2, 0.25) is 0 Å². The molecule has 0 fully saturated rings. The van der Waals surface area contributed by atoms with E-state index in [1.54, 1.807) is 0 Å². The minimum Gasteiger partial charge on any atom is -0.395 e. The summed E-state index contributed by atoms with van der Waals surface area (Å²) in [6.45, 7) is -0.300. The van der Waals surface area contributed by atoms with Crippen molar-refractivity contribution in [1.29, 1.82) is 0 Å². The van der Waals surface area contributed by atoms with E-state index in [4.69, 9.17) is 5.11 Å². The third-order valence-corrected chi connectivity index (χ3v) is 2.06. The van der Waals surface area contributed by atoms with E-state index in [1.807, 2.05) is 4.98 Å². The molecule has 2 aromatic rings. The van der Waals surface area contributed by atoms with Gasteiger partial charge in [0, 0.05) is 0 Å². The van der Waals surface area contributed by atoms with Crippen LogP contribution in [0.15, 0.2) is 20.6 Å². The van der Waals surface area contributed by atoms with E-state index in [0.29, 0.717) is 0 Å². The fourth-order valence-electron chi connectivity index (χ4n) is 1.40. The predicted octanol–water partition coefficient (Wildman–Crippen LogP) is -2.23. The molecule has 0 atom stereocenters. The normalized spacial score (nSPS) is 10.8. The van der Waals surface area contributed by atoms with Crippen LogP contribution in [0.5, 0.6) is 0 Å². The number of aromatic amines is 2. The highest BCUT2D eigenvalue weighted by molar-refractivity contribution is 5.67. The Morgan fingerprint density at radius 1 is 1.31 bits per heavy atom. The van der Waals surface area contributed by atoms with Gasteiger partial charge in [0.1, 0.15) is 5.65 Å². The van der Waals surface area contributed by atoms with E-state index < -0.39 is 16.8 Å². The van der Waals surface area contributed by atoms with Crippen molar-refractivity contribution < 1.29 is 5.11 Å². The van der Waals surface area contributed by atoms with Gasteiger partial charge in [-0.2, -0.15) is 0 Å². The first-order valence-electron chi connectivity index (χ1n) is 4.46. The molecular weight excluding hydrogens is 216 g/mol. The molecule has 8 heteroatoms. The first kappa shape index (κ1) is 10.3. The van der Waals surface area contributed by atoms with Crippen molar-refractivity contribution in [2.45, 2.75) is 6.54 Å². The van der Waals surface area contributed by atoms with Gasteiger partial charge in [-0.25, -0.2) is 9.78 Å². The third-order valence-electron chi connectivity index (χ3n) is 2.06. The maximum atomic E-state index is 11.4. The highest BCUT2D eigenvalue weighted by Gasteiger charge is 2.07. The summed E-state index contributed by atoms with van der Waals surface area (Å²) < 4.78 is 1.08. The Balaban J connectivity index is 2.97. The molecule has 8 nitrogen and oxygen atoms in total. The molecule has 0 radical (unpaired) electrons. The Bertz CT molecular complexity index is 695. The molecule has 84 valence electrons. The van der Waals surface area contributed by atoms with Gasteiger partial charge in [-0.1, -0.05) is 0 Å². The first-order valence-corrected chi connectivity index (χ1v) is 4.46. The largest absolute Gasteiger partial charge is 0.395 e. The Morgan fingerprint density at radius 2 is 2.06 bits per heavy atom. The van der Waals surface area contributed by atoms with Crippen LogP contribution in [0.3, 0.4) is 0 Å². The zero-order valence-electron chi connectivity index (χ0n) is 8.06. The van der Waals surface area contributed by atoms with Gasteiger partial charge in [0.05, 0.1) is 19.3 Å². The standard InChI is InChI=1S/C8H8N4O4/c13-2-1-12-4(14)3-9-5-6(12)10-8(16)11-7(5)15/h3,13H,1-2H2,(H2,10,11,15,16). The van der Waals surface area contributed by atoms with Gasteiger partial charge in [0.25, 0.3) is 11.1 Å². The second-order valence-electron chi connectivity index (χ2n) is 3.08. The number of aliphatic hydroxyl groups excluding tert-OH is 1. The van der Waals surface area contributed by atoms with Crippen molar-refractivity contribution >= 4 is 11.2 Å². The summed E-state index contributed by atoms with van der Waals surface area (Å²) in [6, 6.07) is 0. The van der Waals surface area contributed by atoms with E-state index in [9.17, 15) is 14.4 Å². The molecule has 2 rings (SSSR count). The van der Waals surface area contributed by atoms with Gasteiger partial charge in [-0.05, 0) is 0 Å². The van der Waals surface area contributed by atoms with Crippen molar-refractivity contribution in [1.82, 2.24) is 19.5 Å². The number of hydrogen-bond donors (Lipinski definition) is 3. The molecule has 16 heavy (non-hydrogen) atoms. The monoisotopic (exact) mass is 224 g/mol. The van der Waals surface area contributed by atoms with E-state index in [1.165, 1.54) is 0 Å². The summed E-state index contributed by atoms with van der Waals surface area (Å²) >= 11 is 0. The Kier molecular flexibility index (Phi) is 2.41. The Morgan fingerprint density at radius 3 is 2.75 bits per heavy atom. The highest BCUT2D eigenvalue weighted by Crippen LogP contribution is 1.96. The summed E-state index contributed by atoms with van der Waals surface area (Å²) in [6.07, 6.45) is 0.964. The molecule has 2 aromatic heterocycles. The maximum Gasteiger partial charge on any atom is 0.327 e. The maximum absolute atomic E-state index is 11.4. The zero-order chi connectivity index (χ0) is 11.7. The average molecular weight is 224 g/mol. The van der Waals surface area contributed by atoms with Gasteiger partial charge in [-0.15, -0.1) is 0 Å². The molecule has 2 heterocycles.